The molecule has 0 bridgehead atoms. The SMILES string of the molecule is COC(=O)c1ccc(NC(=O)C(C)Oc2c(C)cc(Br)cc2C)cc1. The summed E-state index contributed by atoms with van der Waals surface area (Å²) in [5.74, 6) is 0.00944. The van der Waals surface area contributed by atoms with Gasteiger partial charge in [0.25, 0.3) is 5.91 Å². The number of hydrogen-bond donors (Lipinski definition) is 1. The Morgan fingerprint density at radius 2 is 1.64 bits per heavy atom. The molecule has 5 nitrogen and oxygen atoms in total. The van der Waals surface area contributed by atoms with Crippen LogP contribution in [0.3, 0.4) is 0 Å². The Balaban J connectivity index is 2.04. The van der Waals surface area contributed by atoms with Crippen molar-refractivity contribution in [3.63, 3.8) is 0 Å². The predicted molar refractivity (Wildman–Crippen MR) is 100 cm³/mol. The minimum Gasteiger partial charge on any atom is -0.480 e. The Kier molecular flexibility index (Phi) is 6.20. The smallest absolute Gasteiger partial charge is 0.337 e. The number of rotatable bonds is 5. The van der Waals surface area contributed by atoms with E-state index >= 15 is 0 Å². The van der Waals surface area contributed by atoms with Crippen LogP contribution in [-0.4, -0.2) is 25.1 Å². The molecule has 1 N–H and O–H groups in total. The van der Waals surface area contributed by atoms with Crippen LogP contribution in [0, 0.1) is 13.8 Å². The zero-order chi connectivity index (χ0) is 18.6. The van der Waals surface area contributed by atoms with Crippen LogP contribution in [0.15, 0.2) is 40.9 Å². The molecule has 0 aliphatic rings. The highest BCUT2D eigenvalue weighted by atomic mass is 79.9. The fourth-order valence-corrected chi connectivity index (χ4v) is 3.05. The van der Waals surface area contributed by atoms with Gasteiger partial charge in [-0.2, -0.15) is 0 Å². The first-order valence-corrected chi connectivity index (χ1v) is 8.53. The largest absolute Gasteiger partial charge is 0.480 e. The number of carbonyl (C=O) groups excluding carboxylic acids is 2. The summed E-state index contributed by atoms with van der Waals surface area (Å²) in [6, 6.07) is 10.4. The van der Waals surface area contributed by atoms with Crippen molar-refractivity contribution < 1.29 is 19.1 Å². The maximum absolute atomic E-state index is 12.3. The van der Waals surface area contributed by atoms with E-state index in [1.807, 2.05) is 26.0 Å². The summed E-state index contributed by atoms with van der Waals surface area (Å²) in [4.78, 5) is 23.8. The van der Waals surface area contributed by atoms with E-state index in [4.69, 9.17) is 4.74 Å². The standard InChI is InChI=1S/C19H20BrNO4/c1-11-9-15(20)10-12(2)17(11)25-13(3)18(22)21-16-7-5-14(6-8-16)19(23)24-4/h5-10,13H,1-4H3,(H,21,22). The van der Waals surface area contributed by atoms with Gasteiger partial charge in [-0.05, 0) is 68.3 Å². The third-order valence-corrected chi connectivity index (χ3v) is 4.12. The summed E-state index contributed by atoms with van der Waals surface area (Å²) in [6.45, 7) is 5.56. The van der Waals surface area contributed by atoms with Gasteiger partial charge in [-0.1, -0.05) is 15.9 Å². The van der Waals surface area contributed by atoms with Crippen LogP contribution in [0.2, 0.25) is 0 Å². The van der Waals surface area contributed by atoms with E-state index in [9.17, 15) is 9.59 Å². The molecule has 0 aliphatic heterocycles. The van der Waals surface area contributed by atoms with E-state index in [1.165, 1.54) is 7.11 Å². The molecule has 25 heavy (non-hydrogen) atoms. The molecule has 1 unspecified atom stereocenters. The Bertz CT molecular complexity index is 764. The minimum atomic E-state index is -0.668. The van der Waals surface area contributed by atoms with Gasteiger partial charge in [0.1, 0.15) is 5.75 Å². The second kappa shape index (κ2) is 8.16. The van der Waals surface area contributed by atoms with Gasteiger partial charge in [-0.25, -0.2) is 4.79 Å². The Labute approximate surface area is 155 Å². The number of anilines is 1. The van der Waals surface area contributed by atoms with Crippen LogP contribution in [0.4, 0.5) is 5.69 Å². The summed E-state index contributed by atoms with van der Waals surface area (Å²) in [5.41, 5.74) is 2.91. The van der Waals surface area contributed by atoms with Gasteiger partial charge >= 0.3 is 5.97 Å². The number of methoxy groups -OCH3 is 1. The second-order valence-corrected chi connectivity index (χ2v) is 6.60. The number of carbonyl (C=O) groups is 2. The van der Waals surface area contributed by atoms with E-state index in [0.29, 0.717) is 17.0 Å². The molecule has 1 amide bonds. The minimum absolute atomic E-state index is 0.271. The van der Waals surface area contributed by atoms with E-state index in [-0.39, 0.29) is 5.91 Å². The van der Waals surface area contributed by atoms with Gasteiger partial charge < -0.3 is 14.8 Å². The first-order chi connectivity index (χ1) is 11.8. The van der Waals surface area contributed by atoms with Gasteiger partial charge in [0.15, 0.2) is 6.10 Å². The lowest BCUT2D eigenvalue weighted by Gasteiger charge is -2.18. The molecule has 0 heterocycles. The second-order valence-electron chi connectivity index (χ2n) is 5.69. The topological polar surface area (TPSA) is 64.6 Å². The third-order valence-electron chi connectivity index (χ3n) is 3.66. The molecule has 6 heteroatoms. The summed E-state index contributed by atoms with van der Waals surface area (Å²) >= 11 is 3.44. The maximum atomic E-state index is 12.3. The molecule has 0 spiro atoms. The molecule has 2 aromatic carbocycles. The number of esters is 1. The van der Waals surface area contributed by atoms with Crippen molar-refractivity contribution in [1.82, 2.24) is 0 Å². The van der Waals surface area contributed by atoms with Crippen molar-refractivity contribution in [2.75, 3.05) is 12.4 Å². The summed E-state index contributed by atoms with van der Waals surface area (Å²) in [5, 5.41) is 2.77. The van der Waals surface area contributed by atoms with Crippen LogP contribution in [0.5, 0.6) is 5.75 Å². The van der Waals surface area contributed by atoms with Crippen molar-refractivity contribution >= 4 is 33.5 Å². The number of aryl methyl sites for hydroxylation is 2. The summed E-state index contributed by atoms with van der Waals surface area (Å²) in [6.07, 6.45) is -0.668. The molecule has 0 radical (unpaired) electrons. The van der Waals surface area contributed by atoms with Gasteiger partial charge in [-0.3, -0.25) is 4.79 Å². The highest BCUT2D eigenvalue weighted by molar-refractivity contribution is 9.10. The average molecular weight is 406 g/mol. The van der Waals surface area contributed by atoms with E-state index < -0.39 is 12.1 Å². The quantitative estimate of drug-likeness (QED) is 0.754. The van der Waals surface area contributed by atoms with Gasteiger partial charge in [0.2, 0.25) is 0 Å². The Hall–Kier alpha value is -2.34. The van der Waals surface area contributed by atoms with Crippen LogP contribution in [0.25, 0.3) is 0 Å². The van der Waals surface area contributed by atoms with Crippen molar-refractivity contribution in [2.24, 2.45) is 0 Å². The first-order valence-electron chi connectivity index (χ1n) is 7.74. The molecular formula is C19H20BrNO4. The monoisotopic (exact) mass is 405 g/mol. The van der Waals surface area contributed by atoms with E-state index in [1.54, 1.807) is 31.2 Å². The molecule has 132 valence electrons. The van der Waals surface area contributed by atoms with Gasteiger partial charge in [-0.15, -0.1) is 0 Å². The van der Waals surface area contributed by atoms with Crippen molar-refractivity contribution in [2.45, 2.75) is 26.9 Å². The molecule has 2 rings (SSSR count). The molecule has 0 fully saturated rings. The van der Waals surface area contributed by atoms with Crippen LogP contribution in [0.1, 0.15) is 28.4 Å². The molecule has 0 saturated heterocycles. The number of hydrogen-bond acceptors (Lipinski definition) is 4. The van der Waals surface area contributed by atoms with Crippen LogP contribution in [-0.2, 0) is 9.53 Å². The molecular weight excluding hydrogens is 386 g/mol. The zero-order valence-electron chi connectivity index (χ0n) is 14.6. The highest BCUT2D eigenvalue weighted by Crippen LogP contribution is 2.28. The number of ether oxygens (including phenoxy) is 2. The lowest BCUT2D eigenvalue weighted by Crippen LogP contribution is -2.30. The normalized spacial score (nSPS) is 11.6. The Morgan fingerprint density at radius 1 is 1.08 bits per heavy atom. The third kappa shape index (κ3) is 4.82. The molecule has 0 aromatic heterocycles. The molecule has 1 atom stereocenters. The molecule has 0 aliphatic carbocycles. The summed E-state index contributed by atoms with van der Waals surface area (Å²) in [7, 11) is 1.32. The van der Waals surface area contributed by atoms with Crippen molar-refractivity contribution in [3.8, 4) is 5.75 Å². The van der Waals surface area contributed by atoms with Gasteiger partial charge in [0, 0.05) is 10.2 Å². The number of benzene rings is 2. The average Bonchev–Trinajstić information content (AvgIpc) is 2.57. The fourth-order valence-electron chi connectivity index (χ4n) is 2.37. The number of nitrogens with one attached hydrogen (secondary N) is 1. The lowest BCUT2D eigenvalue weighted by molar-refractivity contribution is -0.122. The van der Waals surface area contributed by atoms with Crippen LogP contribution < -0.4 is 10.1 Å². The highest BCUT2D eigenvalue weighted by Gasteiger charge is 2.17. The van der Waals surface area contributed by atoms with Crippen LogP contribution >= 0.6 is 15.9 Å². The Morgan fingerprint density at radius 3 is 2.16 bits per heavy atom. The zero-order valence-corrected chi connectivity index (χ0v) is 16.1. The first kappa shape index (κ1) is 19.0. The maximum Gasteiger partial charge on any atom is 0.337 e. The van der Waals surface area contributed by atoms with E-state index in [0.717, 1.165) is 15.6 Å². The molecule has 0 saturated carbocycles. The number of amides is 1. The lowest BCUT2D eigenvalue weighted by atomic mass is 10.1. The van der Waals surface area contributed by atoms with Crippen molar-refractivity contribution in [3.05, 3.63) is 57.6 Å². The molecule has 2 aromatic rings. The summed E-state index contributed by atoms with van der Waals surface area (Å²) < 4.78 is 11.5. The van der Waals surface area contributed by atoms with Crippen molar-refractivity contribution in [1.29, 1.82) is 0 Å². The number of halogens is 1. The van der Waals surface area contributed by atoms with Gasteiger partial charge in [0.05, 0.1) is 12.7 Å². The van der Waals surface area contributed by atoms with E-state index in [2.05, 4.69) is 26.0 Å². The fraction of sp³-hybridized carbons (Fsp3) is 0.263. The predicted octanol–water partition coefficient (Wildman–Crippen LogP) is 4.26.